The summed E-state index contributed by atoms with van der Waals surface area (Å²) in [7, 11) is 2.29. The van der Waals surface area contributed by atoms with E-state index in [9.17, 15) is 24.3 Å². The molecule has 2 aliphatic heterocycles. The second-order valence-electron chi connectivity index (χ2n) is 6.50. The van der Waals surface area contributed by atoms with Crippen molar-refractivity contribution in [2.45, 2.75) is 63.2 Å². The van der Waals surface area contributed by atoms with Crippen LogP contribution in [-0.4, -0.2) is 92.2 Å². The van der Waals surface area contributed by atoms with Crippen LogP contribution in [0.4, 0.5) is 0 Å². The van der Waals surface area contributed by atoms with Gasteiger partial charge in [0.15, 0.2) is 30.7 Å². The van der Waals surface area contributed by atoms with Crippen LogP contribution in [0.25, 0.3) is 0 Å². The van der Waals surface area contributed by atoms with E-state index in [4.69, 9.17) is 28.4 Å². The van der Waals surface area contributed by atoms with Gasteiger partial charge in [-0.2, -0.15) is 0 Å². The van der Waals surface area contributed by atoms with Crippen molar-refractivity contribution in [3.05, 3.63) is 0 Å². The molecular formula is C17H24O12. The maximum atomic E-state index is 12.0. The fourth-order valence-corrected chi connectivity index (χ4v) is 3.59. The number of fused-ring (bicyclic) bond motifs is 1. The van der Waals surface area contributed by atoms with Crippen LogP contribution in [0, 0.1) is 0 Å². The predicted octanol–water partition coefficient (Wildman–Crippen LogP) is -1.54. The lowest BCUT2D eigenvalue weighted by molar-refractivity contribution is -0.331. The Balaban J connectivity index is 2.65. The number of methoxy groups -OCH3 is 2. The third-order valence-corrected chi connectivity index (χ3v) is 4.56. The number of aliphatic hydroxyl groups is 1. The Hall–Kier alpha value is -2.28. The molecule has 0 spiro atoms. The van der Waals surface area contributed by atoms with Crippen molar-refractivity contribution >= 4 is 23.9 Å². The van der Waals surface area contributed by atoms with Crippen LogP contribution in [0.3, 0.4) is 0 Å². The van der Waals surface area contributed by atoms with Crippen molar-refractivity contribution in [1.29, 1.82) is 0 Å². The van der Waals surface area contributed by atoms with E-state index < -0.39 is 66.3 Å². The number of hydrogen-bond acceptors (Lipinski definition) is 12. The van der Waals surface area contributed by atoms with E-state index in [2.05, 4.69) is 4.74 Å². The fraction of sp³-hybridized carbons (Fsp3) is 0.765. The summed E-state index contributed by atoms with van der Waals surface area (Å²) in [5, 5.41) is 10.4. The summed E-state index contributed by atoms with van der Waals surface area (Å²) in [4.78, 5) is 47.4. The molecule has 12 heteroatoms. The van der Waals surface area contributed by atoms with Gasteiger partial charge in [-0.05, 0) is 0 Å². The highest BCUT2D eigenvalue weighted by Gasteiger charge is 2.71. The van der Waals surface area contributed by atoms with Crippen molar-refractivity contribution in [1.82, 2.24) is 0 Å². The molecule has 0 aromatic heterocycles. The maximum Gasteiger partial charge on any atom is 0.337 e. The smallest absolute Gasteiger partial charge is 0.337 e. The maximum absolute atomic E-state index is 12.0. The molecule has 2 heterocycles. The van der Waals surface area contributed by atoms with E-state index in [0.717, 1.165) is 27.9 Å². The molecular weight excluding hydrogens is 396 g/mol. The average molecular weight is 420 g/mol. The lowest BCUT2D eigenvalue weighted by atomic mass is 9.79. The summed E-state index contributed by atoms with van der Waals surface area (Å²) in [6.45, 7) is 3.03. The van der Waals surface area contributed by atoms with Crippen molar-refractivity contribution in [2.24, 2.45) is 0 Å². The Kier molecular flexibility index (Phi) is 7.16. The summed E-state index contributed by atoms with van der Waals surface area (Å²) < 4.78 is 37.1. The van der Waals surface area contributed by atoms with Crippen LogP contribution in [0.2, 0.25) is 0 Å². The second-order valence-corrected chi connectivity index (χ2v) is 6.50. The van der Waals surface area contributed by atoms with E-state index in [1.807, 2.05) is 0 Å². The largest absolute Gasteiger partial charge is 0.467 e. The van der Waals surface area contributed by atoms with Gasteiger partial charge in [0, 0.05) is 27.9 Å². The third kappa shape index (κ3) is 4.34. The Bertz CT molecular complexity index is 663. The van der Waals surface area contributed by atoms with Gasteiger partial charge in [0.25, 0.3) is 0 Å². The molecule has 0 bridgehead atoms. The van der Waals surface area contributed by atoms with Crippen LogP contribution < -0.4 is 0 Å². The number of carbonyl (C=O) groups is 4. The highest BCUT2D eigenvalue weighted by Crippen LogP contribution is 2.46. The van der Waals surface area contributed by atoms with Gasteiger partial charge in [-0.1, -0.05) is 0 Å². The molecule has 0 radical (unpaired) electrons. The number of aliphatic hydroxyl groups excluding tert-OH is 1. The minimum absolute atomic E-state index is 0.250. The first-order chi connectivity index (χ1) is 13.6. The van der Waals surface area contributed by atoms with E-state index in [-0.39, 0.29) is 6.61 Å². The third-order valence-electron chi connectivity index (χ3n) is 4.56. The zero-order valence-electron chi connectivity index (χ0n) is 16.6. The number of esters is 4. The van der Waals surface area contributed by atoms with Gasteiger partial charge in [-0.15, -0.1) is 0 Å². The van der Waals surface area contributed by atoms with Gasteiger partial charge in [-0.25, -0.2) is 4.79 Å². The standard InChI is InChI=1S/C17H24O12/c1-7(18)26-10-6-25-14-16(24-5)28-12(11(21)15(22)23-4)13(27-8(2)19)17(10,14)29-9(3)20/h10-14,16,21H,6H2,1-5H3/t10-,11+,12?,13?,14?,16?,17?/m0/s1. The molecule has 12 nitrogen and oxygen atoms in total. The van der Waals surface area contributed by atoms with Crippen LogP contribution in [-0.2, 0) is 52.3 Å². The molecule has 0 aromatic carbocycles. The molecule has 0 aliphatic carbocycles. The SMILES string of the molecule is COC(=O)[C@H](O)C1OC(OC)C2OC[C@H](OC(C)=O)C2(OC(C)=O)C1OC(C)=O. The lowest BCUT2D eigenvalue weighted by Crippen LogP contribution is -2.73. The highest BCUT2D eigenvalue weighted by molar-refractivity contribution is 5.75. The molecule has 2 aliphatic rings. The summed E-state index contributed by atoms with van der Waals surface area (Å²) in [5.74, 6) is -3.48. The fourth-order valence-electron chi connectivity index (χ4n) is 3.59. The predicted molar refractivity (Wildman–Crippen MR) is 89.0 cm³/mol. The number of carbonyl (C=O) groups excluding carboxylic acids is 4. The van der Waals surface area contributed by atoms with E-state index >= 15 is 0 Å². The molecule has 2 rings (SSSR count). The monoisotopic (exact) mass is 420 g/mol. The van der Waals surface area contributed by atoms with Crippen LogP contribution in [0.1, 0.15) is 20.8 Å². The summed E-state index contributed by atoms with van der Waals surface area (Å²) >= 11 is 0. The Morgan fingerprint density at radius 3 is 2.14 bits per heavy atom. The van der Waals surface area contributed by atoms with E-state index in [1.54, 1.807) is 0 Å². The summed E-state index contributed by atoms with van der Waals surface area (Å²) in [5.41, 5.74) is -1.96. The molecule has 164 valence electrons. The summed E-state index contributed by atoms with van der Waals surface area (Å²) in [6.07, 6.45) is -8.86. The number of ether oxygens (including phenoxy) is 7. The van der Waals surface area contributed by atoms with Crippen LogP contribution in [0.15, 0.2) is 0 Å². The number of hydrogen-bond donors (Lipinski definition) is 1. The van der Waals surface area contributed by atoms with Crippen molar-refractivity contribution in [3.8, 4) is 0 Å². The molecule has 7 atom stereocenters. The van der Waals surface area contributed by atoms with Crippen LogP contribution >= 0.6 is 0 Å². The molecule has 2 fully saturated rings. The zero-order valence-corrected chi connectivity index (χ0v) is 16.6. The molecule has 1 N–H and O–H groups in total. The molecule has 0 saturated carbocycles. The topological polar surface area (TPSA) is 153 Å². The first kappa shape index (κ1) is 23.0. The lowest BCUT2D eigenvalue weighted by Gasteiger charge is -2.50. The first-order valence-corrected chi connectivity index (χ1v) is 8.68. The van der Waals surface area contributed by atoms with Crippen LogP contribution in [0.5, 0.6) is 0 Å². The van der Waals surface area contributed by atoms with Gasteiger partial charge in [-0.3, -0.25) is 14.4 Å². The molecule has 0 aromatic rings. The highest BCUT2D eigenvalue weighted by atomic mass is 16.7. The first-order valence-electron chi connectivity index (χ1n) is 8.68. The van der Waals surface area contributed by atoms with Gasteiger partial charge < -0.3 is 38.3 Å². The zero-order chi connectivity index (χ0) is 21.9. The van der Waals surface area contributed by atoms with Gasteiger partial charge in [0.1, 0.15) is 6.10 Å². The van der Waals surface area contributed by atoms with Gasteiger partial charge in [0.2, 0.25) is 5.60 Å². The van der Waals surface area contributed by atoms with Gasteiger partial charge in [0.05, 0.1) is 13.7 Å². The minimum atomic E-state index is -1.96. The van der Waals surface area contributed by atoms with E-state index in [1.165, 1.54) is 7.11 Å². The average Bonchev–Trinajstić information content (AvgIpc) is 2.98. The molecule has 29 heavy (non-hydrogen) atoms. The molecule has 5 unspecified atom stereocenters. The Morgan fingerprint density at radius 1 is 1.03 bits per heavy atom. The normalized spacial score (nSPS) is 34.5. The van der Waals surface area contributed by atoms with Crippen molar-refractivity contribution in [2.75, 3.05) is 20.8 Å². The second kappa shape index (κ2) is 9.03. The van der Waals surface area contributed by atoms with E-state index in [0.29, 0.717) is 0 Å². The number of rotatable bonds is 6. The Labute approximate surface area is 166 Å². The molecule has 2 saturated heterocycles. The van der Waals surface area contributed by atoms with Crippen molar-refractivity contribution in [3.63, 3.8) is 0 Å². The Morgan fingerprint density at radius 2 is 1.66 bits per heavy atom. The summed E-state index contributed by atoms with van der Waals surface area (Å²) in [6, 6.07) is 0. The van der Waals surface area contributed by atoms with Gasteiger partial charge >= 0.3 is 23.9 Å². The molecule has 0 amide bonds. The quantitative estimate of drug-likeness (QED) is 0.391. The minimum Gasteiger partial charge on any atom is -0.467 e. The van der Waals surface area contributed by atoms with Crippen molar-refractivity contribution < 1.29 is 57.4 Å².